The molecule has 0 fully saturated rings. The monoisotopic (exact) mass is 289 g/mol. The lowest BCUT2D eigenvalue weighted by Crippen LogP contribution is -2.36. The Morgan fingerprint density at radius 3 is 2.65 bits per heavy atom. The summed E-state index contributed by atoms with van der Waals surface area (Å²) in [5.41, 5.74) is 4.10. The van der Waals surface area contributed by atoms with Gasteiger partial charge in [-0.15, -0.1) is 0 Å². The zero-order chi connectivity index (χ0) is 14.1. The molecular formula is C16H23N3S. The van der Waals surface area contributed by atoms with Crippen molar-refractivity contribution in [2.75, 3.05) is 18.1 Å². The molecule has 3 nitrogen and oxygen atoms in total. The largest absolute Gasteiger partial charge is 0.315 e. The van der Waals surface area contributed by atoms with Crippen molar-refractivity contribution in [2.24, 2.45) is 0 Å². The van der Waals surface area contributed by atoms with Crippen LogP contribution in [0.15, 0.2) is 18.2 Å². The van der Waals surface area contributed by atoms with Crippen molar-refractivity contribution in [3.05, 3.63) is 28.5 Å². The lowest BCUT2D eigenvalue weighted by molar-refractivity contribution is 0.550. The number of aromatic nitrogens is 2. The third-order valence-corrected chi connectivity index (χ3v) is 4.48. The molecule has 3 rings (SSSR count). The predicted molar refractivity (Wildman–Crippen MR) is 87.6 cm³/mol. The van der Waals surface area contributed by atoms with Gasteiger partial charge in [0.2, 0.25) is 0 Å². The molecule has 0 saturated carbocycles. The molecule has 0 N–H and O–H groups in total. The van der Waals surface area contributed by atoms with E-state index in [1.54, 1.807) is 0 Å². The average molecular weight is 289 g/mol. The quantitative estimate of drug-likeness (QED) is 0.775. The summed E-state index contributed by atoms with van der Waals surface area (Å²) in [6, 6.07) is 6.64. The van der Waals surface area contributed by atoms with E-state index in [1.165, 1.54) is 29.4 Å². The summed E-state index contributed by atoms with van der Waals surface area (Å²) in [7, 11) is 0. The Kier molecular flexibility index (Phi) is 3.83. The predicted octanol–water partition coefficient (Wildman–Crippen LogP) is 3.88. The first-order chi connectivity index (χ1) is 9.77. The van der Waals surface area contributed by atoms with Gasteiger partial charge in [-0.05, 0) is 49.5 Å². The molecule has 2 heterocycles. The van der Waals surface area contributed by atoms with Gasteiger partial charge in [-0.1, -0.05) is 26.0 Å². The van der Waals surface area contributed by atoms with Crippen molar-refractivity contribution in [1.29, 1.82) is 0 Å². The van der Waals surface area contributed by atoms with E-state index in [2.05, 4.69) is 46.3 Å². The molecule has 0 unspecified atom stereocenters. The van der Waals surface area contributed by atoms with E-state index < -0.39 is 0 Å². The molecule has 0 saturated heterocycles. The first-order valence-electron chi connectivity index (χ1n) is 7.76. The van der Waals surface area contributed by atoms with Crippen LogP contribution in [-0.4, -0.2) is 22.3 Å². The van der Waals surface area contributed by atoms with Crippen LogP contribution in [0.4, 0.5) is 0 Å². The maximum Gasteiger partial charge on any atom is 0.199 e. The standard InChI is InChI=1S/C16H23N3S/c1-3-10-17(11-4-2)19-14-9-5-7-13-8-6-12-18(15(13)14)16(19)20/h5,7,9H,3-4,6,8,10-12H2,1-2H3. The summed E-state index contributed by atoms with van der Waals surface area (Å²) < 4.78 is 5.59. The topological polar surface area (TPSA) is 13.1 Å². The second kappa shape index (κ2) is 5.60. The fourth-order valence-electron chi connectivity index (χ4n) is 3.31. The highest BCUT2D eigenvalue weighted by Crippen LogP contribution is 2.27. The van der Waals surface area contributed by atoms with Crippen LogP contribution in [0, 0.1) is 4.77 Å². The Labute approximate surface area is 125 Å². The molecule has 1 aliphatic rings. The fourth-order valence-corrected chi connectivity index (χ4v) is 3.71. The highest BCUT2D eigenvalue weighted by Gasteiger charge is 2.19. The van der Waals surface area contributed by atoms with E-state index in [1.807, 2.05) is 0 Å². The number of nitrogens with zero attached hydrogens (tertiary/aromatic N) is 3. The molecule has 0 bridgehead atoms. The number of hydrogen-bond acceptors (Lipinski definition) is 2. The number of imidazole rings is 1. The molecule has 1 aromatic heterocycles. The van der Waals surface area contributed by atoms with Gasteiger partial charge in [0.15, 0.2) is 4.77 Å². The van der Waals surface area contributed by atoms with Crippen molar-refractivity contribution >= 4 is 23.3 Å². The number of rotatable bonds is 5. The minimum absolute atomic E-state index is 0.967. The molecule has 0 amide bonds. The number of aryl methyl sites for hydroxylation is 2. The average Bonchev–Trinajstić information content (AvgIpc) is 2.74. The van der Waals surface area contributed by atoms with Crippen LogP contribution in [0.3, 0.4) is 0 Å². The fraction of sp³-hybridized carbons (Fsp3) is 0.562. The molecule has 0 atom stereocenters. The van der Waals surface area contributed by atoms with Gasteiger partial charge in [-0.25, -0.2) is 4.68 Å². The number of para-hydroxylation sites is 1. The smallest absolute Gasteiger partial charge is 0.199 e. The van der Waals surface area contributed by atoms with E-state index in [0.29, 0.717) is 0 Å². The third kappa shape index (κ3) is 2.06. The van der Waals surface area contributed by atoms with Crippen LogP contribution >= 0.6 is 12.2 Å². The Morgan fingerprint density at radius 1 is 1.20 bits per heavy atom. The van der Waals surface area contributed by atoms with Crippen LogP contribution in [0.1, 0.15) is 38.7 Å². The molecule has 1 aliphatic heterocycles. The van der Waals surface area contributed by atoms with Crippen molar-refractivity contribution in [1.82, 2.24) is 9.24 Å². The molecule has 108 valence electrons. The Hall–Kier alpha value is -1.29. The first kappa shape index (κ1) is 13.7. The normalized spacial score (nSPS) is 13.9. The molecular weight excluding hydrogens is 266 g/mol. The van der Waals surface area contributed by atoms with Crippen LogP contribution in [0.2, 0.25) is 0 Å². The van der Waals surface area contributed by atoms with Gasteiger partial charge in [0.05, 0.1) is 11.0 Å². The van der Waals surface area contributed by atoms with Crippen molar-refractivity contribution < 1.29 is 0 Å². The van der Waals surface area contributed by atoms with Crippen LogP contribution in [0.25, 0.3) is 11.0 Å². The second-order valence-electron chi connectivity index (χ2n) is 5.59. The molecule has 0 spiro atoms. The van der Waals surface area contributed by atoms with Crippen LogP contribution in [-0.2, 0) is 13.0 Å². The first-order valence-corrected chi connectivity index (χ1v) is 8.17. The van der Waals surface area contributed by atoms with Gasteiger partial charge in [-0.3, -0.25) is 0 Å². The maximum atomic E-state index is 5.77. The summed E-state index contributed by atoms with van der Waals surface area (Å²) in [5, 5.41) is 2.41. The van der Waals surface area contributed by atoms with Crippen molar-refractivity contribution in [2.45, 2.75) is 46.1 Å². The third-order valence-electron chi connectivity index (χ3n) is 4.08. The lowest BCUT2D eigenvalue weighted by Gasteiger charge is -2.25. The number of hydrogen-bond donors (Lipinski definition) is 0. The molecule has 4 heteroatoms. The Bertz CT molecular complexity index is 662. The van der Waals surface area contributed by atoms with Crippen LogP contribution < -0.4 is 5.01 Å². The highest BCUT2D eigenvalue weighted by molar-refractivity contribution is 7.71. The van der Waals surface area contributed by atoms with Gasteiger partial charge in [0.25, 0.3) is 0 Å². The lowest BCUT2D eigenvalue weighted by atomic mass is 10.1. The van der Waals surface area contributed by atoms with Gasteiger partial charge in [0.1, 0.15) is 0 Å². The molecule has 0 radical (unpaired) electrons. The summed E-state index contributed by atoms with van der Waals surface area (Å²) in [5.74, 6) is 0. The maximum absolute atomic E-state index is 5.77. The number of benzene rings is 1. The molecule has 0 aliphatic carbocycles. The summed E-state index contributed by atoms with van der Waals surface area (Å²) in [6.45, 7) is 7.65. The SMILES string of the molecule is CCCN(CCC)n1c(=S)n2c3c(cccc31)CCC2. The second-order valence-corrected chi connectivity index (χ2v) is 5.95. The molecule has 1 aromatic carbocycles. The Morgan fingerprint density at radius 2 is 1.95 bits per heavy atom. The van der Waals surface area contributed by atoms with Crippen LogP contribution in [0.5, 0.6) is 0 Å². The highest BCUT2D eigenvalue weighted by atomic mass is 32.1. The van der Waals surface area contributed by atoms with Gasteiger partial charge >= 0.3 is 0 Å². The molecule has 20 heavy (non-hydrogen) atoms. The Balaban J connectivity index is 2.23. The van der Waals surface area contributed by atoms with E-state index in [-0.39, 0.29) is 0 Å². The van der Waals surface area contributed by atoms with E-state index >= 15 is 0 Å². The zero-order valence-corrected chi connectivity index (χ0v) is 13.2. The van der Waals surface area contributed by atoms with Crippen molar-refractivity contribution in [3.63, 3.8) is 0 Å². The summed E-state index contributed by atoms with van der Waals surface area (Å²) in [6.07, 6.45) is 4.67. The van der Waals surface area contributed by atoms with Gasteiger partial charge < -0.3 is 9.58 Å². The zero-order valence-electron chi connectivity index (χ0n) is 12.4. The van der Waals surface area contributed by atoms with Gasteiger partial charge in [0, 0.05) is 19.6 Å². The van der Waals surface area contributed by atoms with Crippen molar-refractivity contribution in [3.8, 4) is 0 Å². The minimum atomic E-state index is 0.967. The summed E-state index contributed by atoms with van der Waals surface area (Å²) >= 11 is 5.77. The van der Waals surface area contributed by atoms with E-state index in [0.717, 1.165) is 37.2 Å². The van der Waals surface area contributed by atoms with E-state index in [4.69, 9.17) is 12.2 Å². The summed E-state index contributed by atoms with van der Waals surface area (Å²) in [4.78, 5) is 0. The minimum Gasteiger partial charge on any atom is -0.315 e. The van der Waals surface area contributed by atoms with E-state index in [9.17, 15) is 0 Å². The van der Waals surface area contributed by atoms with Gasteiger partial charge in [-0.2, -0.15) is 0 Å². The molecule has 2 aromatic rings.